The summed E-state index contributed by atoms with van der Waals surface area (Å²) in [6.45, 7) is 4.32. The molecule has 0 unspecified atom stereocenters. The van der Waals surface area contributed by atoms with Crippen molar-refractivity contribution in [3.8, 4) is 0 Å². The number of nitrogens with one attached hydrogen (secondary N) is 1. The van der Waals surface area contributed by atoms with Crippen LogP contribution in [0.4, 0.5) is 5.69 Å². The molecule has 0 bridgehead atoms. The molecule has 38 heavy (non-hydrogen) atoms. The second-order valence-electron chi connectivity index (χ2n) is 10.1. The first kappa shape index (κ1) is 30.0. The number of halogens is 1. The Labute approximate surface area is 232 Å². The number of carbonyl (C=O) groups is 2. The second-order valence-corrected chi connectivity index (χ2v) is 12.4. The van der Waals surface area contributed by atoms with Crippen LogP contribution in [0.15, 0.2) is 48.5 Å². The Morgan fingerprint density at radius 1 is 1.08 bits per heavy atom. The highest BCUT2D eigenvalue weighted by Gasteiger charge is 2.30. The van der Waals surface area contributed by atoms with Gasteiger partial charge >= 0.3 is 0 Å². The number of carbonyl (C=O) groups excluding carboxylic acids is 2. The minimum Gasteiger partial charge on any atom is -0.352 e. The summed E-state index contributed by atoms with van der Waals surface area (Å²) in [6.07, 6.45) is 6.93. The van der Waals surface area contributed by atoms with Gasteiger partial charge in [0.25, 0.3) is 0 Å². The van der Waals surface area contributed by atoms with Crippen molar-refractivity contribution in [1.29, 1.82) is 0 Å². The summed E-state index contributed by atoms with van der Waals surface area (Å²) < 4.78 is 26.5. The van der Waals surface area contributed by atoms with Gasteiger partial charge in [-0.3, -0.25) is 13.9 Å². The van der Waals surface area contributed by atoms with Crippen LogP contribution in [0, 0.1) is 6.92 Å². The Balaban J connectivity index is 1.73. The molecule has 1 aliphatic rings. The molecule has 1 aliphatic carbocycles. The molecule has 0 radical (unpaired) electrons. The zero-order valence-corrected chi connectivity index (χ0v) is 24.2. The summed E-state index contributed by atoms with van der Waals surface area (Å²) in [5, 5.41) is 3.60. The van der Waals surface area contributed by atoms with Crippen LogP contribution in [-0.2, 0) is 26.0 Å². The van der Waals surface area contributed by atoms with E-state index in [-0.39, 0.29) is 30.8 Å². The standard InChI is InChI=1S/C29H40ClN3O4S/c1-4-26(29(35)31-25-13-8-9-14-25)32(20-18-23-11-6-5-7-12-23)28(34)15-10-19-33(38(3,36)37)27-21-24(30)17-16-22(27)2/h5-7,11-12,16-17,21,25-26H,4,8-10,13-15,18-20H2,1-3H3,(H,31,35)/t26-/m1/s1. The summed E-state index contributed by atoms with van der Waals surface area (Å²) in [7, 11) is -3.58. The van der Waals surface area contributed by atoms with Gasteiger partial charge in [-0.25, -0.2) is 8.42 Å². The smallest absolute Gasteiger partial charge is 0.243 e. The highest BCUT2D eigenvalue weighted by molar-refractivity contribution is 7.92. The highest BCUT2D eigenvalue weighted by Crippen LogP contribution is 2.27. The largest absolute Gasteiger partial charge is 0.352 e. The van der Waals surface area contributed by atoms with Crippen molar-refractivity contribution in [2.75, 3.05) is 23.7 Å². The predicted molar refractivity (Wildman–Crippen MR) is 154 cm³/mol. The minimum absolute atomic E-state index is 0.104. The zero-order valence-electron chi connectivity index (χ0n) is 22.7. The van der Waals surface area contributed by atoms with Crippen LogP contribution in [0.5, 0.6) is 0 Å². The molecule has 0 spiro atoms. The first-order valence-electron chi connectivity index (χ1n) is 13.5. The molecule has 0 aromatic heterocycles. The lowest BCUT2D eigenvalue weighted by Crippen LogP contribution is -2.52. The number of aryl methyl sites for hydroxylation is 1. The van der Waals surface area contributed by atoms with E-state index in [0.717, 1.165) is 43.1 Å². The van der Waals surface area contributed by atoms with Gasteiger partial charge in [0.2, 0.25) is 21.8 Å². The number of anilines is 1. The average Bonchev–Trinajstić information content (AvgIpc) is 3.38. The van der Waals surface area contributed by atoms with E-state index in [0.29, 0.717) is 36.5 Å². The van der Waals surface area contributed by atoms with Crippen molar-refractivity contribution in [3.63, 3.8) is 0 Å². The lowest BCUT2D eigenvalue weighted by atomic mass is 10.1. The fourth-order valence-corrected chi connectivity index (χ4v) is 6.28. The van der Waals surface area contributed by atoms with E-state index in [9.17, 15) is 18.0 Å². The van der Waals surface area contributed by atoms with Gasteiger partial charge in [0.1, 0.15) is 6.04 Å². The van der Waals surface area contributed by atoms with E-state index in [2.05, 4.69) is 5.32 Å². The van der Waals surface area contributed by atoms with Crippen LogP contribution in [0.1, 0.15) is 63.0 Å². The van der Waals surface area contributed by atoms with Gasteiger partial charge < -0.3 is 10.2 Å². The molecular formula is C29H40ClN3O4S. The molecule has 1 fully saturated rings. The Hall–Kier alpha value is -2.58. The highest BCUT2D eigenvalue weighted by atomic mass is 35.5. The third-order valence-corrected chi connectivity index (χ3v) is 8.58. The molecule has 3 rings (SSSR count). The van der Waals surface area contributed by atoms with Gasteiger partial charge in [-0.05, 0) is 62.3 Å². The van der Waals surface area contributed by atoms with Crippen molar-refractivity contribution in [1.82, 2.24) is 10.2 Å². The maximum Gasteiger partial charge on any atom is 0.243 e. The van der Waals surface area contributed by atoms with E-state index in [1.807, 2.05) is 44.2 Å². The van der Waals surface area contributed by atoms with Crippen LogP contribution >= 0.6 is 11.6 Å². The van der Waals surface area contributed by atoms with Crippen LogP contribution in [0.25, 0.3) is 0 Å². The van der Waals surface area contributed by atoms with Crippen molar-refractivity contribution in [2.24, 2.45) is 0 Å². The normalized spacial score (nSPS) is 14.7. The van der Waals surface area contributed by atoms with Crippen molar-refractivity contribution < 1.29 is 18.0 Å². The Bertz CT molecular complexity index is 1180. The minimum atomic E-state index is -3.58. The molecule has 2 amide bonds. The summed E-state index contributed by atoms with van der Waals surface area (Å²) in [5.41, 5.74) is 2.39. The first-order chi connectivity index (χ1) is 18.1. The zero-order chi connectivity index (χ0) is 27.7. The van der Waals surface area contributed by atoms with Gasteiger partial charge in [0.15, 0.2) is 0 Å². The van der Waals surface area contributed by atoms with Crippen molar-refractivity contribution in [2.45, 2.75) is 77.3 Å². The molecule has 0 aliphatic heterocycles. The Morgan fingerprint density at radius 3 is 2.39 bits per heavy atom. The third kappa shape index (κ3) is 8.46. The molecular weight excluding hydrogens is 522 g/mol. The number of rotatable bonds is 13. The molecule has 0 heterocycles. The molecule has 7 nitrogen and oxygen atoms in total. The van der Waals surface area contributed by atoms with Crippen molar-refractivity contribution in [3.05, 3.63) is 64.7 Å². The number of sulfonamides is 1. The third-order valence-electron chi connectivity index (χ3n) is 7.16. The summed E-state index contributed by atoms with van der Waals surface area (Å²) in [4.78, 5) is 28.5. The molecule has 9 heteroatoms. The van der Waals surface area contributed by atoms with Crippen LogP contribution in [-0.4, -0.2) is 56.6 Å². The van der Waals surface area contributed by atoms with Crippen molar-refractivity contribution >= 4 is 39.1 Å². The Morgan fingerprint density at radius 2 is 1.76 bits per heavy atom. The lowest BCUT2D eigenvalue weighted by molar-refractivity contribution is -0.141. The Kier molecular flexibility index (Phi) is 11.0. The van der Waals surface area contributed by atoms with E-state index < -0.39 is 16.1 Å². The summed E-state index contributed by atoms with van der Waals surface area (Å²) >= 11 is 6.14. The maximum absolute atomic E-state index is 13.6. The molecule has 1 N–H and O–H groups in total. The molecule has 1 saturated carbocycles. The fraction of sp³-hybridized carbons (Fsp3) is 0.517. The first-order valence-corrected chi connectivity index (χ1v) is 15.7. The molecule has 1 atom stereocenters. The predicted octanol–water partition coefficient (Wildman–Crippen LogP) is 5.10. The number of benzene rings is 2. The second kappa shape index (κ2) is 14.0. The average molecular weight is 562 g/mol. The molecule has 208 valence electrons. The number of hydrogen-bond acceptors (Lipinski definition) is 4. The lowest BCUT2D eigenvalue weighted by Gasteiger charge is -2.32. The molecule has 0 saturated heterocycles. The SMILES string of the molecule is CC[C@H](C(=O)NC1CCCC1)N(CCc1ccccc1)C(=O)CCCN(c1cc(Cl)ccc1C)S(C)(=O)=O. The number of hydrogen-bond donors (Lipinski definition) is 1. The van der Waals surface area contributed by atoms with Gasteiger partial charge in [0, 0.05) is 30.6 Å². The van der Waals surface area contributed by atoms with Crippen LogP contribution in [0.3, 0.4) is 0 Å². The van der Waals surface area contributed by atoms with Crippen LogP contribution in [0.2, 0.25) is 5.02 Å². The van der Waals surface area contributed by atoms with Gasteiger partial charge in [-0.15, -0.1) is 0 Å². The van der Waals surface area contributed by atoms with E-state index in [1.165, 1.54) is 4.31 Å². The summed E-state index contributed by atoms with van der Waals surface area (Å²) in [6, 6.07) is 14.6. The fourth-order valence-electron chi connectivity index (χ4n) is 5.10. The van der Waals surface area contributed by atoms with Gasteiger partial charge in [0.05, 0.1) is 11.9 Å². The molecule has 2 aromatic rings. The quantitative estimate of drug-likeness (QED) is 0.368. The molecule has 2 aromatic carbocycles. The number of nitrogens with zero attached hydrogens (tertiary/aromatic N) is 2. The van der Waals surface area contributed by atoms with E-state index >= 15 is 0 Å². The van der Waals surface area contributed by atoms with Gasteiger partial charge in [-0.1, -0.05) is 67.8 Å². The topological polar surface area (TPSA) is 86.8 Å². The van der Waals surface area contributed by atoms with E-state index in [4.69, 9.17) is 11.6 Å². The number of amides is 2. The maximum atomic E-state index is 13.6. The monoisotopic (exact) mass is 561 g/mol. The van der Waals surface area contributed by atoms with Gasteiger partial charge in [-0.2, -0.15) is 0 Å². The van der Waals surface area contributed by atoms with Crippen LogP contribution < -0.4 is 9.62 Å². The summed E-state index contributed by atoms with van der Waals surface area (Å²) in [5.74, 6) is -0.251. The van der Waals surface area contributed by atoms with E-state index in [1.54, 1.807) is 23.1 Å².